The van der Waals surface area contributed by atoms with Gasteiger partial charge in [-0.15, -0.1) is 0 Å². The number of carbonyl (C=O) groups is 2. The minimum Gasteiger partial charge on any atom is -0.484 e. The molecule has 1 N–H and O–H groups in total. The summed E-state index contributed by atoms with van der Waals surface area (Å²) in [7, 11) is 0. The summed E-state index contributed by atoms with van der Waals surface area (Å²) in [5.41, 5.74) is 3.92. The molecule has 1 aliphatic rings. The van der Waals surface area contributed by atoms with Gasteiger partial charge in [-0.2, -0.15) is 0 Å². The van der Waals surface area contributed by atoms with Gasteiger partial charge in [-0.05, 0) is 69.4 Å². The quantitative estimate of drug-likeness (QED) is 0.599. The van der Waals surface area contributed by atoms with Crippen LogP contribution in [-0.4, -0.2) is 35.4 Å². The Bertz CT molecular complexity index is 929. The van der Waals surface area contributed by atoms with Crippen LogP contribution in [-0.2, 0) is 16.1 Å². The van der Waals surface area contributed by atoms with Crippen LogP contribution in [0, 0.1) is 20.8 Å². The predicted octanol–water partition coefficient (Wildman–Crippen LogP) is 5.12. The van der Waals surface area contributed by atoms with E-state index < -0.39 is 6.04 Å². The molecule has 1 atom stereocenters. The fraction of sp³-hybridized carbons (Fsp3) is 0.462. The number of halogens is 1. The Morgan fingerprint density at radius 3 is 2.28 bits per heavy atom. The zero-order valence-electron chi connectivity index (χ0n) is 19.4. The van der Waals surface area contributed by atoms with E-state index in [1.807, 2.05) is 57.2 Å². The standard InChI is InChI=1S/C26H33ClN2O3/c1-17-9-11-21(12-10-17)15-29(20(4)26(31)28-22-7-5-6-8-22)24(30)16-32-23-13-18(2)25(27)19(3)14-23/h9-14,20,22H,5-8,15-16H2,1-4H3,(H,28,31)/t20-/m1/s1. The van der Waals surface area contributed by atoms with Crippen LogP contribution in [0.4, 0.5) is 0 Å². The van der Waals surface area contributed by atoms with Crippen molar-refractivity contribution < 1.29 is 14.3 Å². The minimum atomic E-state index is -0.596. The van der Waals surface area contributed by atoms with Crippen molar-refractivity contribution in [2.75, 3.05) is 6.61 Å². The molecule has 0 bridgehead atoms. The van der Waals surface area contributed by atoms with Gasteiger partial charge in [0.1, 0.15) is 11.8 Å². The number of hydrogen-bond donors (Lipinski definition) is 1. The van der Waals surface area contributed by atoms with Crippen LogP contribution in [0.5, 0.6) is 5.75 Å². The third-order valence-electron chi connectivity index (χ3n) is 6.11. The lowest BCUT2D eigenvalue weighted by molar-refractivity contribution is -0.142. The van der Waals surface area contributed by atoms with Crippen molar-refractivity contribution in [3.05, 3.63) is 63.7 Å². The molecule has 1 fully saturated rings. The molecule has 0 unspecified atom stereocenters. The van der Waals surface area contributed by atoms with Crippen molar-refractivity contribution in [3.8, 4) is 5.75 Å². The molecule has 2 aromatic carbocycles. The maximum atomic E-state index is 13.2. The normalized spacial score (nSPS) is 14.8. The van der Waals surface area contributed by atoms with Gasteiger partial charge in [-0.25, -0.2) is 0 Å². The molecule has 0 aliphatic heterocycles. The molecule has 172 valence electrons. The van der Waals surface area contributed by atoms with Crippen LogP contribution in [0.3, 0.4) is 0 Å². The molecule has 5 nitrogen and oxygen atoms in total. The topological polar surface area (TPSA) is 58.6 Å². The first kappa shape index (κ1) is 24.1. The van der Waals surface area contributed by atoms with Crippen molar-refractivity contribution in [1.29, 1.82) is 0 Å². The van der Waals surface area contributed by atoms with Gasteiger partial charge >= 0.3 is 0 Å². The molecular formula is C26H33ClN2O3. The van der Waals surface area contributed by atoms with E-state index in [9.17, 15) is 9.59 Å². The highest BCUT2D eigenvalue weighted by molar-refractivity contribution is 6.32. The summed E-state index contributed by atoms with van der Waals surface area (Å²) in [6, 6.07) is 11.3. The van der Waals surface area contributed by atoms with Crippen LogP contribution in [0.15, 0.2) is 36.4 Å². The van der Waals surface area contributed by atoms with E-state index in [0.29, 0.717) is 17.3 Å². The first-order valence-corrected chi connectivity index (χ1v) is 11.7. The van der Waals surface area contributed by atoms with Crippen molar-refractivity contribution in [3.63, 3.8) is 0 Å². The van der Waals surface area contributed by atoms with E-state index in [0.717, 1.165) is 47.9 Å². The number of nitrogens with one attached hydrogen (secondary N) is 1. The highest BCUT2D eigenvalue weighted by atomic mass is 35.5. The molecule has 0 spiro atoms. The van der Waals surface area contributed by atoms with Crippen molar-refractivity contribution >= 4 is 23.4 Å². The lowest BCUT2D eigenvalue weighted by Gasteiger charge is -2.29. The highest BCUT2D eigenvalue weighted by Gasteiger charge is 2.28. The maximum absolute atomic E-state index is 13.2. The van der Waals surface area contributed by atoms with Crippen LogP contribution in [0.2, 0.25) is 5.02 Å². The second kappa shape index (κ2) is 10.9. The predicted molar refractivity (Wildman–Crippen MR) is 128 cm³/mol. The Hall–Kier alpha value is -2.53. The molecular weight excluding hydrogens is 424 g/mol. The van der Waals surface area contributed by atoms with Crippen LogP contribution >= 0.6 is 11.6 Å². The Balaban J connectivity index is 1.73. The number of hydrogen-bond acceptors (Lipinski definition) is 3. The molecule has 1 saturated carbocycles. The van der Waals surface area contributed by atoms with Gasteiger partial charge < -0.3 is 15.0 Å². The number of amides is 2. The molecule has 3 rings (SSSR count). The first-order chi connectivity index (χ1) is 15.2. The van der Waals surface area contributed by atoms with Gasteiger partial charge in [0, 0.05) is 17.6 Å². The number of ether oxygens (including phenoxy) is 1. The monoisotopic (exact) mass is 456 g/mol. The van der Waals surface area contributed by atoms with E-state index in [-0.39, 0.29) is 24.5 Å². The molecule has 2 aromatic rings. The molecule has 0 saturated heterocycles. The number of benzene rings is 2. The Labute approximate surface area is 196 Å². The van der Waals surface area contributed by atoms with Crippen molar-refractivity contribution in [1.82, 2.24) is 10.2 Å². The van der Waals surface area contributed by atoms with Crippen LogP contribution < -0.4 is 10.1 Å². The Morgan fingerprint density at radius 2 is 1.69 bits per heavy atom. The summed E-state index contributed by atoms with van der Waals surface area (Å²) in [6.45, 7) is 7.82. The van der Waals surface area contributed by atoms with Gasteiger partial charge in [-0.3, -0.25) is 9.59 Å². The lowest BCUT2D eigenvalue weighted by atomic mass is 10.1. The fourth-order valence-corrected chi connectivity index (χ4v) is 4.19. The number of carbonyl (C=O) groups excluding carboxylic acids is 2. The second-order valence-corrected chi connectivity index (χ2v) is 9.21. The van der Waals surface area contributed by atoms with Crippen LogP contribution in [0.25, 0.3) is 0 Å². The number of aryl methyl sites for hydroxylation is 3. The largest absolute Gasteiger partial charge is 0.484 e. The Kier molecular flexibility index (Phi) is 8.19. The minimum absolute atomic E-state index is 0.115. The average Bonchev–Trinajstić information content (AvgIpc) is 3.27. The molecule has 0 aromatic heterocycles. The summed E-state index contributed by atoms with van der Waals surface area (Å²) in [6.07, 6.45) is 4.28. The van der Waals surface area contributed by atoms with Gasteiger partial charge in [0.2, 0.25) is 5.91 Å². The van der Waals surface area contributed by atoms with Gasteiger partial charge in [0.05, 0.1) is 0 Å². The van der Waals surface area contributed by atoms with Crippen molar-refractivity contribution in [2.45, 2.75) is 72.0 Å². The highest BCUT2D eigenvalue weighted by Crippen LogP contribution is 2.26. The van der Waals surface area contributed by atoms with Crippen LogP contribution in [0.1, 0.15) is 54.9 Å². The molecule has 6 heteroatoms. The average molecular weight is 457 g/mol. The lowest BCUT2D eigenvalue weighted by Crippen LogP contribution is -2.50. The molecule has 1 aliphatic carbocycles. The van der Waals surface area contributed by atoms with Crippen molar-refractivity contribution in [2.24, 2.45) is 0 Å². The molecule has 32 heavy (non-hydrogen) atoms. The summed E-state index contributed by atoms with van der Waals surface area (Å²) in [5, 5.41) is 3.81. The molecule has 2 amide bonds. The maximum Gasteiger partial charge on any atom is 0.261 e. The smallest absolute Gasteiger partial charge is 0.261 e. The number of nitrogens with zero attached hydrogens (tertiary/aromatic N) is 1. The molecule has 0 heterocycles. The molecule has 0 radical (unpaired) electrons. The van der Waals surface area contributed by atoms with Gasteiger partial charge in [0.15, 0.2) is 6.61 Å². The Morgan fingerprint density at radius 1 is 1.09 bits per heavy atom. The summed E-state index contributed by atoms with van der Waals surface area (Å²) < 4.78 is 5.80. The summed E-state index contributed by atoms with van der Waals surface area (Å²) in [5.74, 6) is 0.247. The van der Waals surface area contributed by atoms with E-state index in [1.54, 1.807) is 11.8 Å². The SMILES string of the molecule is Cc1ccc(CN(C(=O)COc2cc(C)c(Cl)c(C)c2)[C@H](C)C(=O)NC2CCCC2)cc1. The summed E-state index contributed by atoms with van der Waals surface area (Å²) in [4.78, 5) is 27.7. The summed E-state index contributed by atoms with van der Waals surface area (Å²) >= 11 is 6.24. The van der Waals surface area contributed by atoms with Gasteiger partial charge in [0.25, 0.3) is 5.91 Å². The van der Waals surface area contributed by atoms with E-state index in [2.05, 4.69) is 5.32 Å². The van der Waals surface area contributed by atoms with E-state index in [1.165, 1.54) is 0 Å². The second-order valence-electron chi connectivity index (χ2n) is 8.83. The van der Waals surface area contributed by atoms with E-state index >= 15 is 0 Å². The zero-order chi connectivity index (χ0) is 23.3. The first-order valence-electron chi connectivity index (χ1n) is 11.3. The van der Waals surface area contributed by atoms with E-state index in [4.69, 9.17) is 16.3 Å². The zero-order valence-corrected chi connectivity index (χ0v) is 20.2. The number of rotatable bonds is 8. The fourth-order valence-electron chi connectivity index (χ4n) is 4.08. The van der Waals surface area contributed by atoms with Gasteiger partial charge in [-0.1, -0.05) is 54.3 Å². The third-order valence-corrected chi connectivity index (χ3v) is 6.71. The third kappa shape index (κ3) is 6.26.